The molecule has 3 aromatic heterocycles. The second kappa shape index (κ2) is 8.06. The first-order valence-electron chi connectivity index (χ1n) is 8.04. The van der Waals surface area contributed by atoms with Crippen molar-refractivity contribution in [3.05, 3.63) is 54.2 Å². The van der Waals surface area contributed by atoms with E-state index in [0.29, 0.717) is 42.0 Å². The number of hydrogen-bond acceptors (Lipinski definition) is 7. The van der Waals surface area contributed by atoms with Crippen molar-refractivity contribution in [2.45, 2.75) is 6.92 Å². The number of anilines is 1. The van der Waals surface area contributed by atoms with Crippen molar-refractivity contribution in [2.24, 2.45) is 0 Å². The zero-order chi connectivity index (χ0) is 18.4. The molecular formula is C17H19N7O2. The summed E-state index contributed by atoms with van der Waals surface area (Å²) in [5.74, 6) is 2.02. The predicted molar refractivity (Wildman–Crippen MR) is 95.5 cm³/mol. The van der Waals surface area contributed by atoms with Crippen LogP contribution in [0, 0.1) is 6.92 Å². The number of aromatic nitrogens is 5. The highest BCUT2D eigenvalue weighted by molar-refractivity contribution is 5.96. The molecule has 0 unspecified atom stereocenters. The largest absolute Gasteiger partial charge is 0.480 e. The Morgan fingerprint density at radius 1 is 1.23 bits per heavy atom. The summed E-state index contributed by atoms with van der Waals surface area (Å²) in [4.78, 5) is 24.9. The number of carbonyl (C=O) groups excluding carboxylic acids is 1. The third kappa shape index (κ3) is 4.12. The normalized spacial score (nSPS) is 10.4. The van der Waals surface area contributed by atoms with Crippen LogP contribution < -0.4 is 15.4 Å². The number of pyridine rings is 1. The van der Waals surface area contributed by atoms with Crippen LogP contribution in [-0.4, -0.2) is 50.8 Å². The van der Waals surface area contributed by atoms with E-state index in [4.69, 9.17) is 4.74 Å². The zero-order valence-corrected chi connectivity index (χ0v) is 14.5. The maximum absolute atomic E-state index is 12.2. The molecule has 9 nitrogen and oxygen atoms in total. The van der Waals surface area contributed by atoms with Crippen LogP contribution in [0.5, 0.6) is 5.88 Å². The van der Waals surface area contributed by atoms with Gasteiger partial charge in [0.2, 0.25) is 5.88 Å². The van der Waals surface area contributed by atoms with Gasteiger partial charge in [0, 0.05) is 37.7 Å². The lowest BCUT2D eigenvalue weighted by molar-refractivity contribution is 0.0951. The predicted octanol–water partition coefficient (Wildman–Crippen LogP) is 1.22. The zero-order valence-electron chi connectivity index (χ0n) is 14.5. The summed E-state index contributed by atoms with van der Waals surface area (Å²) in [6, 6.07) is 6.98. The molecule has 0 atom stereocenters. The van der Waals surface area contributed by atoms with E-state index >= 15 is 0 Å². The van der Waals surface area contributed by atoms with E-state index in [-0.39, 0.29) is 5.91 Å². The molecule has 0 aliphatic rings. The highest BCUT2D eigenvalue weighted by Crippen LogP contribution is 2.13. The number of amides is 1. The molecule has 3 aromatic rings. The lowest BCUT2D eigenvalue weighted by Gasteiger charge is -2.10. The third-order valence-corrected chi connectivity index (χ3v) is 3.49. The minimum Gasteiger partial charge on any atom is -0.480 e. The molecule has 0 aliphatic heterocycles. The van der Waals surface area contributed by atoms with E-state index in [1.54, 1.807) is 35.3 Å². The first-order chi connectivity index (χ1) is 12.7. The van der Waals surface area contributed by atoms with Crippen molar-refractivity contribution in [1.29, 1.82) is 0 Å². The fourth-order valence-electron chi connectivity index (χ4n) is 2.35. The lowest BCUT2D eigenvalue weighted by atomic mass is 10.2. The van der Waals surface area contributed by atoms with Crippen molar-refractivity contribution >= 4 is 11.7 Å². The number of rotatable bonds is 7. The van der Waals surface area contributed by atoms with Gasteiger partial charge in [-0.25, -0.2) is 19.6 Å². The Labute approximate surface area is 150 Å². The Morgan fingerprint density at radius 3 is 2.88 bits per heavy atom. The van der Waals surface area contributed by atoms with Gasteiger partial charge >= 0.3 is 0 Å². The van der Waals surface area contributed by atoms with Crippen molar-refractivity contribution in [2.75, 3.05) is 25.5 Å². The van der Waals surface area contributed by atoms with Gasteiger partial charge in [-0.15, -0.1) is 0 Å². The van der Waals surface area contributed by atoms with Gasteiger partial charge in [0.15, 0.2) is 5.82 Å². The van der Waals surface area contributed by atoms with Gasteiger partial charge in [-0.3, -0.25) is 4.79 Å². The molecule has 1 amide bonds. The Bertz CT molecular complexity index is 881. The summed E-state index contributed by atoms with van der Waals surface area (Å²) in [6.45, 7) is 2.73. The van der Waals surface area contributed by atoms with Gasteiger partial charge in [-0.05, 0) is 25.1 Å². The number of ether oxygens (including phenoxy) is 1. The van der Waals surface area contributed by atoms with Crippen LogP contribution in [0.25, 0.3) is 5.82 Å². The average Bonchev–Trinajstić information content (AvgIpc) is 3.19. The van der Waals surface area contributed by atoms with Crippen molar-refractivity contribution in [3.63, 3.8) is 0 Å². The number of methoxy groups -OCH3 is 1. The Balaban J connectivity index is 1.56. The van der Waals surface area contributed by atoms with Crippen molar-refractivity contribution in [1.82, 2.24) is 30.0 Å². The monoisotopic (exact) mass is 353 g/mol. The lowest BCUT2D eigenvalue weighted by Crippen LogP contribution is -2.29. The van der Waals surface area contributed by atoms with E-state index < -0.39 is 0 Å². The number of nitrogens with one attached hydrogen (secondary N) is 2. The molecule has 26 heavy (non-hydrogen) atoms. The van der Waals surface area contributed by atoms with Crippen LogP contribution in [0.4, 0.5) is 5.82 Å². The fraction of sp³-hybridized carbons (Fsp3) is 0.235. The highest BCUT2D eigenvalue weighted by atomic mass is 16.5. The van der Waals surface area contributed by atoms with Crippen molar-refractivity contribution in [3.8, 4) is 11.7 Å². The Hall–Kier alpha value is -3.49. The molecule has 0 radical (unpaired) electrons. The maximum atomic E-state index is 12.2. The highest BCUT2D eigenvalue weighted by Gasteiger charge is 2.12. The molecule has 9 heteroatoms. The first-order valence-corrected chi connectivity index (χ1v) is 8.04. The van der Waals surface area contributed by atoms with Gasteiger partial charge in [-0.2, -0.15) is 5.10 Å². The summed E-state index contributed by atoms with van der Waals surface area (Å²) in [7, 11) is 1.48. The number of aryl methyl sites for hydroxylation is 1. The smallest absolute Gasteiger partial charge is 0.256 e. The molecule has 0 bridgehead atoms. The Morgan fingerprint density at radius 2 is 2.12 bits per heavy atom. The minimum absolute atomic E-state index is 0.243. The van der Waals surface area contributed by atoms with Gasteiger partial charge in [0.05, 0.1) is 7.11 Å². The molecule has 0 spiro atoms. The second-order valence-corrected chi connectivity index (χ2v) is 5.35. The summed E-state index contributed by atoms with van der Waals surface area (Å²) >= 11 is 0. The second-order valence-electron chi connectivity index (χ2n) is 5.35. The van der Waals surface area contributed by atoms with Gasteiger partial charge < -0.3 is 15.4 Å². The quantitative estimate of drug-likeness (QED) is 0.615. The number of nitrogens with zero attached hydrogens (tertiary/aromatic N) is 5. The van der Waals surface area contributed by atoms with Crippen LogP contribution in [-0.2, 0) is 0 Å². The topological polar surface area (TPSA) is 107 Å². The van der Waals surface area contributed by atoms with Gasteiger partial charge in [0.1, 0.15) is 17.2 Å². The van der Waals surface area contributed by atoms with E-state index in [1.807, 2.05) is 19.2 Å². The molecule has 3 rings (SSSR count). The number of hydrogen-bond donors (Lipinski definition) is 2. The average molecular weight is 353 g/mol. The molecular weight excluding hydrogens is 334 g/mol. The Kier molecular flexibility index (Phi) is 5.37. The molecule has 0 fully saturated rings. The van der Waals surface area contributed by atoms with E-state index in [9.17, 15) is 4.79 Å². The molecule has 0 aliphatic carbocycles. The molecule has 0 saturated carbocycles. The fourth-order valence-corrected chi connectivity index (χ4v) is 2.35. The molecule has 0 saturated heterocycles. The minimum atomic E-state index is -0.243. The molecule has 3 heterocycles. The standard InChI is InChI=1S/C17H19N7O2/c1-12-22-14(11-15(23-12)24-10-4-7-21-24)18-8-9-19-16(25)13-5-3-6-20-17(13)26-2/h3-7,10-11H,8-9H2,1-2H3,(H,19,25)(H,18,22,23). The summed E-state index contributed by atoms with van der Waals surface area (Å²) in [5.41, 5.74) is 0.397. The van der Waals surface area contributed by atoms with Crippen LogP contribution in [0.2, 0.25) is 0 Å². The van der Waals surface area contributed by atoms with Gasteiger partial charge in [0.25, 0.3) is 5.91 Å². The first kappa shape index (κ1) is 17.3. The van der Waals surface area contributed by atoms with E-state index in [1.165, 1.54) is 7.11 Å². The van der Waals surface area contributed by atoms with Crippen LogP contribution in [0.3, 0.4) is 0 Å². The summed E-state index contributed by atoms with van der Waals surface area (Å²) in [5, 5.41) is 10.1. The third-order valence-electron chi connectivity index (χ3n) is 3.49. The van der Waals surface area contributed by atoms with E-state index in [2.05, 4.69) is 30.7 Å². The summed E-state index contributed by atoms with van der Waals surface area (Å²) in [6.07, 6.45) is 5.08. The molecule has 134 valence electrons. The SMILES string of the molecule is COc1ncccc1C(=O)NCCNc1cc(-n2cccn2)nc(C)n1. The maximum Gasteiger partial charge on any atom is 0.256 e. The molecule has 0 aromatic carbocycles. The molecule has 2 N–H and O–H groups in total. The van der Waals surface area contributed by atoms with Crippen LogP contribution >= 0.6 is 0 Å². The van der Waals surface area contributed by atoms with Crippen LogP contribution in [0.15, 0.2) is 42.9 Å². The number of carbonyl (C=O) groups is 1. The van der Waals surface area contributed by atoms with Crippen molar-refractivity contribution < 1.29 is 9.53 Å². The summed E-state index contributed by atoms with van der Waals surface area (Å²) < 4.78 is 6.75. The van der Waals surface area contributed by atoms with Crippen LogP contribution in [0.1, 0.15) is 16.2 Å². The van der Waals surface area contributed by atoms with Gasteiger partial charge in [-0.1, -0.05) is 0 Å². The van der Waals surface area contributed by atoms with E-state index in [0.717, 1.165) is 0 Å².